The Bertz CT molecular complexity index is 346. The minimum absolute atomic E-state index is 0.127. The number of nitrogens with one attached hydrogen (secondary N) is 2. The molecule has 6 heteroatoms. The van der Waals surface area contributed by atoms with Gasteiger partial charge in [-0.05, 0) is 24.3 Å². The molecule has 0 radical (unpaired) electrons. The molecule has 0 aromatic carbocycles. The zero-order valence-electron chi connectivity index (χ0n) is 8.32. The fourth-order valence-electron chi connectivity index (χ4n) is 1.58. The van der Waals surface area contributed by atoms with Crippen LogP contribution in [-0.2, 0) is 0 Å². The van der Waals surface area contributed by atoms with Gasteiger partial charge in [-0.2, -0.15) is 16.9 Å². The van der Waals surface area contributed by atoms with E-state index in [0.29, 0.717) is 11.4 Å². The molecule has 82 valence electrons. The molecule has 0 unspecified atom stereocenters. The lowest BCUT2D eigenvalue weighted by molar-refractivity contribution is 0.0936. The molecule has 0 bridgehead atoms. The normalized spacial score (nSPS) is 17.6. The van der Waals surface area contributed by atoms with Gasteiger partial charge in [0.1, 0.15) is 11.4 Å². The number of aromatic nitrogens is 2. The largest absolute Gasteiger partial charge is 0.383 e. The van der Waals surface area contributed by atoms with Gasteiger partial charge in [-0.25, -0.2) is 0 Å². The Kier molecular flexibility index (Phi) is 3.15. The molecule has 1 aromatic heterocycles. The van der Waals surface area contributed by atoms with Crippen LogP contribution in [0, 0.1) is 0 Å². The number of amides is 1. The van der Waals surface area contributed by atoms with E-state index in [4.69, 9.17) is 5.73 Å². The lowest BCUT2D eigenvalue weighted by Gasteiger charge is -2.22. The number of H-pyrrole nitrogens is 1. The Hall–Kier alpha value is -1.17. The maximum absolute atomic E-state index is 11.7. The topological polar surface area (TPSA) is 83.8 Å². The fourth-order valence-corrected chi connectivity index (χ4v) is 2.69. The molecule has 0 saturated carbocycles. The number of carbonyl (C=O) groups is 1. The number of nitrogen functional groups attached to an aromatic ring is 1. The van der Waals surface area contributed by atoms with Crippen molar-refractivity contribution in [2.75, 3.05) is 17.2 Å². The van der Waals surface area contributed by atoms with Crippen molar-refractivity contribution in [3.8, 4) is 0 Å². The van der Waals surface area contributed by atoms with E-state index >= 15 is 0 Å². The van der Waals surface area contributed by atoms with Gasteiger partial charge >= 0.3 is 0 Å². The molecular weight excluding hydrogens is 212 g/mol. The van der Waals surface area contributed by atoms with Crippen LogP contribution in [0.1, 0.15) is 23.2 Å². The van der Waals surface area contributed by atoms with Gasteiger partial charge in [-0.15, -0.1) is 0 Å². The van der Waals surface area contributed by atoms with E-state index in [2.05, 4.69) is 15.5 Å². The first-order chi connectivity index (χ1) is 7.27. The second-order valence-corrected chi connectivity index (χ2v) is 4.78. The Labute approximate surface area is 92.2 Å². The summed E-state index contributed by atoms with van der Waals surface area (Å²) < 4.78 is 0. The minimum atomic E-state index is -0.127. The molecule has 0 aliphatic carbocycles. The number of rotatable bonds is 2. The standard InChI is InChI=1S/C9H14N4OS/c10-8-7(5-11-13-8)9(14)12-6-1-3-15-4-2-6/h5-6H,1-4H2,(H,12,14)(H3,10,11,13). The van der Waals surface area contributed by atoms with Crippen molar-refractivity contribution in [2.24, 2.45) is 0 Å². The number of thioether (sulfide) groups is 1. The Morgan fingerprint density at radius 1 is 1.60 bits per heavy atom. The molecule has 1 aliphatic heterocycles. The molecule has 1 saturated heterocycles. The highest BCUT2D eigenvalue weighted by Gasteiger charge is 2.18. The molecular formula is C9H14N4OS. The summed E-state index contributed by atoms with van der Waals surface area (Å²) in [5, 5.41) is 9.24. The Morgan fingerprint density at radius 2 is 2.33 bits per heavy atom. The Balaban J connectivity index is 1.94. The van der Waals surface area contributed by atoms with Crippen LogP contribution in [0.3, 0.4) is 0 Å². The predicted molar refractivity (Wildman–Crippen MR) is 60.8 cm³/mol. The van der Waals surface area contributed by atoms with E-state index in [1.807, 2.05) is 11.8 Å². The Morgan fingerprint density at radius 3 is 2.93 bits per heavy atom. The maximum Gasteiger partial charge on any atom is 0.256 e. The number of nitrogens with two attached hydrogens (primary N) is 1. The van der Waals surface area contributed by atoms with E-state index in [1.165, 1.54) is 6.20 Å². The van der Waals surface area contributed by atoms with E-state index in [-0.39, 0.29) is 11.9 Å². The van der Waals surface area contributed by atoms with E-state index in [9.17, 15) is 4.79 Å². The van der Waals surface area contributed by atoms with Gasteiger partial charge in [0, 0.05) is 6.04 Å². The monoisotopic (exact) mass is 226 g/mol. The number of anilines is 1. The summed E-state index contributed by atoms with van der Waals surface area (Å²) in [7, 11) is 0. The molecule has 5 nitrogen and oxygen atoms in total. The van der Waals surface area contributed by atoms with Crippen molar-refractivity contribution < 1.29 is 4.79 Å². The highest BCUT2D eigenvalue weighted by Crippen LogP contribution is 2.17. The van der Waals surface area contributed by atoms with Gasteiger partial charge in [0.2, 0.25) is 0 Å². The summed E-state index contributed by atoms with van der Waals surface area (Å²) in [6.45, 7) is 0. The molecule has 1 aliphatic rings. The maximum atomic E-state index is 11.7. The van der Waals surface area contributed by atoms with Crippen LogP contribution in [0.2, 0.25) is 0 Å². The lowest BCUT2D eigenvalue weighted by atomic mass is 10.1. The SMILES string of the molecule is Nc1[nH]ncc1C(=O)NC1CCSCC1. The van der Waals surface area contributed by atoms with Crippen molar-refractivity contribution in [3.05, 3.63) is 11.8 Å². The summed E-state index contributed by atoms with van der Waals surface area (Å²) in [5.41, 5.74) is 6.00. The van der Waals surface area contributed by atoms with Crippen molar-refractivity contribution in [1.29, 1.82) is 0 Å². The zero-order chi connectivity index (χ0) is 10.7. The van der Waals surface area contributed by atoms with E-state index in [0.717, 1.165) is 24.3 Å². The molecule has 2 heterocycles. The van der Waals surface area contributed by atoms with Gasteiger partial charge < -0.3 is 11.1 Å². The van der Waals surface area contributed by atoms with Crippen molar-refractivity contribution in [1.82, 2.24) is 15.5 Å². The molecule has 4 N–H and O–H groups in total. The number of carbonyl (C=O) groups excluding carboxylic acids is 1. The van der Waals surface area contributed by atoms with Crippen LogP contribution in [0.25, 0.3) is 0 Å². The highest BCUT2D eigenvalue weighted by atomic mass is 32.2. The third kappa shape index (κ3) is 2.44. The van der Waals surface area contributed by atoms with Crippen LogP contribution in [0.15, 0.2) is 6.20 Å². The first-order valence-electron chi connectivity index (χ1n) is 4.95. The van der Waals surface area contributed by atoms with E-state index in [1.54, 1.807) is 0 Å². The first-order valence-corrected chi connectivity index (χ1v) is 6.10. The molecule has 2 rings (SSSR count). The lowest BCUT2D eigenvalue weighted by Crippen LogP contribution is -2.37. The molecule has 1 fully saturated rings. The van der Waals surface area contributed by atoms with Crippen LogP contribution in [-0.4, -0.2) is 33.7 Å². The van der Waals surface area contributed by atoms with E-state index < -0.39 is 0 Å². The van der Waals surface area contributed by atoms with Crippen LogP contribution < -0.4 is 11.1 Å². The molecule has 1 amide bonds. The highest BCUT2D eigenvalue weighted by molar-refractivity contribution is 7.99. The number of hydrogen-bond donors (Lipinski definition) is 3. The van der Waals surface area contributed by atoms with Crippen molar-refractivity contribution >= 4 is 23.5 Å². The molecule has 15 heavy (non-hydrogen) atoms. The zero-order valence-corrected chi connectivity index (χ0v) is 9.14. The summed E-state index contributed by atoms with van der Waals surface area (Å²) in [4.78, 5) is 11.7. The number of nitrogens with zero attached hydrogens (tertiary/aromatic N) is 1. The minimum Gasteiger partial charge on any atom is -0.383 e. The molecule has 0 spiro atoms. The van der Waals surface area contributed by atoms with Gasteiger partial charge in [-0.1, -0.05) is 0 Å². The molecule has 0 atom stereocenters. The van der Waals surface area contributed by atoms with Gasteiger partial charge in [-0.3, -0.25) is 9.89 Å². The summed E-state index contributed by atoms with van der Waals surface area (Å²) in [6, 6.07) is 0.285. The summed E-state index contributed by atoms with van der Waals surface area (Å²) in [6.07, 6.45) is 3.53. The smallest absolute Gasteiger partial charge is 0.256 e. The number of hydrogen-bond acceptors (Lipinski definition) is 4. The summed E-state index contributed by atoms with van der Waals surface area (Å²) in [5.74, 6) is 2.44. The van der Waals surface area contributed by atoms with Gasteiger partial charge in [0.25, 0.3) is 5.91 Å². The summed E-state index contributed by atoms with van der Waals surface area (Å²) >= 11 is 1.93. The van der Waals surface area contributed by atoms with Crippen LogP contribution >= 0.6 is 11.8 Å². The second kappa shape index (κ2) is 4.57. The van der Waals surface area contributed by atoms with Gasteiger partial charge in [0.05, 0.1) is 6.20 Å². The predicted octanol–water partition coefficient (Wildman–Crippen LogP) is 0.617. The van der Waals surface area contributed by atoms with Crippen LogP contribution in [0.5, 0.6) is 0 Å². The second-order valence-electron chi connectivity index (χ2n) is 3.56. The third-order valence-electron chi connectivity index (χ3n) is 2.47. The third-order valence-corrected chi connectivity index (χ3v) is 3.52. The number of aromatic amines is 1. The van der Waals surface area contributed by atoms with Crippen molar-refractivity contribution in [2.45, 2.75) is 18.9 Å². The fraction of sp³-hybridized carbons (Fsp3) is 0.556. The average molecular weight is 226 g/mol. The van der Waals surface area contributed by atoms with Crippen LogP contribution in [0.4, 0.5) is 5.82 Å². The average Bonchev–Trinajstić information content (AvgIpc) is 2.66. The van der Waals surface area contributed by atoms with Crippen molar-refractivity contribution in [3.63, 3.8) is 0 Å². The van der Waals surface area contributed by atoms with Gasteiger partial charge in [0.15, 0.2) is 0 Å². The molecule has 1 aromatic rings. The quantitative estimate of drug-likeness (QED) is 0.690. The first kappa shape index (κ1) is 10.4.